The number of Topliss-reactive ketones (excluding diaryl/α,β-unsaturated/α-hetero) is 1. The van der Waals surface area contributed by atoms with Crippen molar-refractivity contribution in [2.24, 2.45) is 7.05 Å². The Morgan fingerprint density at radius 1 is 0.914 bits per heavy atom. The third kappa shape index (κ3) is 5.00. The van der Waals surface area contributed by atoms with Gasteiger partial charge in [0.15, 0.2) is 5.78 Å². The number of rotatable bonds is 7. The Hall–Kier alpha value is -4.23. The molecule has 0 bridgehead atoms. The molecule has 35 heavy (non-hydrogen) atoms. The van der Waals surface area contributed by atoms with Gasteiger partial charge >= 0.3 is 0 Å². The van der Waals surface area contributed by atoms with E-state index in [2.05, 4.69) is 15.5 Å². The number of nitrogens with zero attached hydrogens (tertiary/aromatic N) is 4. The number of amides is 1. The fourth-order valence-electron chi connectivity index (χ4n) is 3.97. The molecular formula is C27H22ClN5O2. The molecule has 0 radical (unpaired) electrons. The fraction of sp³-hybridized carbons (Fsp3) is 0.111. The van der Waals surface area contributed by atoms with Crippen LogP contribution in [0.1, 0.15) is 21.5 Å². The number of para-hydroxylation sites is 1. The number of halogens is 1. The summed E-state index contributed by atoms with van der Waals surface area (Å²) in [7, 11) is 1.89. The average Bonchev–Trinajstić information content (AvgIpc) is 3.47. The maximum absolute atomic E-state index is 13.0. The molecule has 8 heteroatoms. The predicted molar refractivity (Wildman–Crippen MR) is 136 cm³/mol. The SMILES string of the molecule is Cn1ncc2cc(CC(=O)c3cccc(-n4cc(CC(=O)Nc5ccccc5Cl)cn4)c3)ccc21. The van der Waals surface area contributed by atoms with Crippen molar-refractivity contribution in [2.75, 3.05) is 5.32 Å². The van der Waals surface area contributed by atoms with Gasteiger partial charge in [-0.25, -0.2) is 4.68 Å². The molecule has 0 unspecified atom stereocenters. The lowest BCUT2D eigenvalue weighted by atomic mass is 10.0. The molecule has 0 aliphatic heterocycles. The van der Waals surface area contributed by atoms with Gasteiger partial charge in [-0.05, 0) is 47.5 Å². The first-order valence-corrected chi connectivity index (χ1v) is 11.5. The largest absolute Gasteiger partial charge is 0.324 e. The number of ketones is 1. The third-order valence-corrected chi connectivity index (χ3v) is 6.09. The van der Waals surface area contributed by atoms with Crippen molar-refractivity contribution in [1.29, 1.82) is 0 Å². The highest BCUT2D eigenvalue weighted by Crippen LogP contribution is 2.21. The number of carbonyl (C=O) groups excluding carboxylic acids is 2. The lowest BCUT2D eigenvalue weighted by Crippen LogP contribution is -2.14. The second-order valence-electron chi connectivity index (χ2n) is 8.31. The topological polar surface area (TPSA) is 81.8 Å². The van der Waals surface area contributed by atoms with E-state index >= 15 is 0 Å². The van der Waals surface area contributed by atoms with Crippen LogP contribution < -0.4 is 5.32 Å². The number of hydrogen-bond donors (Lipinski definition) is 1. The number of aryl methyl sites for hydroxylation is 1. The molecule has 0 aliphatic carbocycles. The van der Waals surface area contributed by atoms with E-state index in [1.54, 1.807) is 47.5 Å². The Morgan fingerprint density at radius 3 is 2.63 bits per heavy atom. The zero-order valence-corrected chi connectivity index (χ0v) is 19.7. The van der Waals surface area contributed by atoms with Crippen LogP contribution in [0.15, 0.2) is 85.3 Å². The van der Waals surface area contributed by atoms with Crippen LogP contribution in [0.5, 0.6) is 0 Å². The van der Waals surface area contributed by atoms with E-state index in [0.29, 0.717) is 22.7 Å². The van der Waals surface area contributed by atoms with Crippen molar-refractivity contribution < 1.29 is 9.59 Å². The first kappa shape index (κ1) is 22.6. The van der Waals surface area contributed by atoms with Crippen molar-refractivity contribution in [3.8, 4) is 5.69 Å². The number of hydrogen-bond acceptors (Lipinski definition) is 4. The number of anilines is 1. The van der Waals surface area contributed by atoms with E-state index in [-0.39, 0.29) is 18.1 Å². The molecule has 3 aromatic carbocycles. The number of fused-ring (bicyclic) bond motifs is 1. The molecule has 0 saturated carbocycles. The highest BCUT2D eigenvalue weighted by molar-refractivity contribution is 6.33. The molecule has 1 amide bonds. The summed E-state index contributed by atoms with van der Waals surface area (Å²) in [6.07, 6.45) is 5.67. The fourth-order valence-corrected chi connectivity index (χ4v) is 4.15. The van der Waals surface area contributed by atoms with Crippen LogP contribution in [0.2, 0.25) is 5.02 Å². The predicted octanol–water partition coefficient (Wildman–Crippen LogP) is 5.02. The van der Waals surface area contributed by atoms with Crippen LogP contribution in [0.3, 0.4) is 0 Å². The van der Waals surface area contributed by atoms with Gasteiger partial charge in [-0.15, -0.1) is 0 Å². The monoisotopic (exact) mass is 483 g/mol. The molecule has 5 rings (SSSR count). The van der Waals surface area contributed by atoms with Gasteiger partial charge in [0.05, 0.1) is 40.7 Å². The van der Waals surface area contributed by atoms with Crippen molar-refractivity contribution in [3.05, 3.63) is 107 Å². The summed E-state index contributed by atoms with van der Waals surface area (Å²) in [5.41, 5.74) is 4.63. The standard InChI is InChI=1S/C27H22ClN5O2/c1-32-25-10-9-18(11-21(25)16-29-32)12-26(34)20-5-4-6-22(14-20)33-17-19(15-30-33)13-27(35)31-24-8-3-2-7-23(24)28/h2-11,14-17H,12-13H2,1H3,(H,31,35). The maximum atomic E-state index is 13.0. The Labute approximate surface area is 206 Å². The van der Waals surface area contributed by atoms with Gasteiger partial charge in [0.1, 0.15) is 0 Å². The Bertz CT molecular complexity index is 1550. The Balaban J connectivity index is 1.27. The van der Waals surface area contributed by atoms with Gasteiger partial charge in [0, 0.05) is 30.6 Å². The molecule has 1 N–H and O–H groups in total. The zero-order chi connectivity index (χ0) is 24.4. The lowest BCUT2D eigenvalue weighted by molar-refractivity contribution is -0.115. The molecule has 2 heterocycles. The minimum absolute atomic E-state index is 0.0154. The highest BCUT2D eigenvalue weighted by atomic mass is 35.5. The summed E-state index contributed by atoms with van der Waals surface area (Å²) < 4.78 is 3.47. The molecule has 5 aromatic rings. The van der Waals surface area contributed by atoms with Crippen LogP contribution >= 0.6 is 11.6 Å². The van der Waals surface area contributed by atoms with Crippen LogP contribution in [-0.2, 0) is 24.7 Å². The maximum Gasteiger partial charge on any atom is 0.228 e. The quantitative estimate of drug-likeness (QED) is 0.329. The van der Waals surface area contributed by atoms with E-state index in [4.69, 9.17) is 11.6 Å². The number of nitrogens with one attached hydrogen (secondary N) is 1. The van der Waals surface area contributed by atoms with Crippen molar-refractivity contribution in [1.82, 2.24) is 19.6 Å². The normalized spacial score (nSPS) is 11.0. The lowest BCUT2D eigenvalue weighted by Gasteiger charge is -2.06. The molecule has 0 spiro atoms. The van der Waals surface area contributed by atoms with E-state index in [0.717, 1.165) is 27.7 Å². The molecule has 174 valence electrons. The zero-order valence-electron chi connectivity index (χ0n) is 19.0. The molecule has 0 saturated heterocycles. The second-order valence-corrected chi connectivity index (χ2v) is 8.72. The van der Waals surface area contributed by atoms with Gasteiger partial charge in [-0.1, -0.05) is 41.9 Å². The van der Waals surface area contributed by atoms with Crippen LogP contribution in [0, 0.1) is 0 Å². The van der Waals surface area contributed by atoms with Crippen LogP contribution in [0.25, 0.3) is 16.6 Å². The Kier molecular flexibility index (Phi) is 6.16. The van der Waals surface area contributed by atoms with E-state index in [1.807, 2.05) is 54.2 Å². The summed E-state index contributed by atoms with van der Waals surface area (Å²) in [5.74, 6) is -0.172. The first-order chi connectivity index (χ1) is 17.0. The van der Waals surface area contributed by atoms with Gasteiger partial charge in [-0.2, -0.15) is 10.2 Å². The van der Waals surface area contributed by atoms with Crippen LogP contribution in [-0.4, -0.2) is 31.3 Å². The minimum Gasteiger partial charge on any atom is -0.324 e. The molecular weight excluding hydrogens is 462 g/mol. The van der Waals surface area contributed by atoms with Gasteiger partial charge < -0.3 is 5.32 Å². The molecule has 0 aliphatic rings. The average molecular weight is 484 g/mol. The summed E-state index contributed by atoms with van der Waals surface area (Å²) in [6, 6.07) is 20.3. The summed E-state index contributed by atoms with van der Waals surface area (Å²) in [6.45, 7) is 0. The highest BCUT2D eigenvalue weighted by Gasteiger charge is 2.12. The van der Waals surface area contributed by atoms with Gasteiger partial charge in [-0.3, -0.25) is 14.3 Å². The first-order valence-electron chi connectivity index (χ1n) is 11.1. The summed E-state index contributed by atoms with van der Waals surface area (Å²) >= 11 is 6.11. The van der Waals surface area contributed by atoms with E-state index in [1.165, 1.54) is 0 Å². The number of benzene rings is 3. The number of aromatic nitrogens is 4. The van der Waals surface area contributed by atoms with E-state index in [9.17, 15) is 9.59 Å². The molecule has 0 fully saturated rings. The smallest absolute Gasteiger partial charge is 0.228 e. The van der Waals surface area contributed by atoms with Crippen molar-refractivity contribution >= 4 is 39.9 Å². The summed E-state index contributed by atoms with van der Waals surface area (Å²) in [4.78, 5) is 25.4. The second kappa shape index (κ2) is 9.56. The van der Waals surface area contributed by atoms with Gasteiger partial charge in [0.2, 0.25) is 5.91 Å². The summed E-state index contributed by atoms with van der Waals surface area (Å²) in [5, 5.41) is 12.9. The van der Waals surface area contributed by atoms with Gasteiger partial charge in [0.25, 0.3) is 0 Å². The minimum atomic E-state index is -0.188. The molecule has 0 atom stereocenters. The van der Waals surface area contributed by atoms with Crippen molar-refractivity contribution in [3.63, 3.8) is 0 Å². The molecule has 7 nitrogen and oxygen atoms in total. The molecule has 2 aromatic heterocycles. The van der Waals surface area contributed by atoms with Crippen molar-refractivity contribution in [2.45, 2.75) is 12.8 Å². The van der Waals surface area contributed by atoms with E-state index < -0.39 is 0 Å². The third-order valence-electron chi connectivity index (χ3n) is 5.76. The number of carbonyl (C=O) groups is 2. The van der Waals surface area contributed by atoms with Crippen LogP contribution in [0.4, 0.5) is 5.69 Å². The Morgan fingerprint density at radius 2 is 1.77 bits per heavy atom.